The number of sulfonamides is 1. The van der Waals surface area contributed by atoms with Crippen molar-refractivity contribution < 1.29 is 17.9 Å². The van der Waals surface area contributed by atoms with Crippen LogP contribution in [0.15, 0.2) is 35.4 Å². The van der Waals surface area contributed by atoms with Crippen molar-refractivity contribution in [3.05, 3.63) is 41.6 Å². The Morgan fingerprint density at radius 3 is 2.52 bits per heavy atom. The maximum Gasteiger partial charge on any atom is 0.338 e. The Morgan fingerprint density at radius 2 is 2.00 bits per heavy atom. The third-order valence-corrected chi connectivity index (χ3v) is 4.11. The number of carbonyl (C=O) groups excluding carboxylic acids is 1. The van der Waals surface area contributed by atoms with E-state index in [0.717, 1.165) is 0 Å². The van der Waals surface area contributed by atoms with Crippen LogP contribution in [-0.2, 0) is 14.8 Å². The maximum atomic E-state index is 12.2. The monoisotopic (exact) mass is 309 g/mol. The summed E-state index contributed by atoms with van der Waals surface area (Å²) >= 11 is 0. The lowest BCUT2D eigenvalue weighted by atomic mass is 10.2. The SMILES string of the molecule is CCOC(=O)c1ccc(S(=O)(=O)Nc2[nH]ncc2C)cc1. The first-order chi connectivity index (χ1) is 9.94. The molecular formula is C13H15N3O4S. The lowest BCUT2D eigenvalue weighted by Crippen LogP contribution is -2.14. The summed E-state index contributed by atoms with van der Waals surface area (Å²) < 4.78 is 31.6. The van der Waals surface area contributed by atoms with Crippen molar-refractivity contribution in [1.82, 2.24) is 10.2 Å². The molecule has 0 amide bonds. The molecular weight excluding hydrogens is 294 g/mol. The number of rotatable bonds is 5. The number of hydrogen-bond donors (Lipinski definition) is 2. The number of anilines is 1. The number of carbonyl (C=O) groups is 1. The van der Waals surface area contributed by atoms with Gasteiger partial charge in [-0.25, -0.2) is 13.2 Å². The van der Waals surface area contributed by atoms with E-state index in [1.54, 1.807) is 13.8 Å². The number of esters is 1. The third-order valence-electron chi connectivity index (χ3n) is 2.74. The summed E-state index contributed by atoms with van der Waals surface area (Å²) in [5.41, 5.74) is 0.982. The highest BCUT2D eigenvalue weighted by Gasteiger charge is 2.17. The van der Waals surface area contributed by atoms with E-state index < -0.39 is 16.0 Å². The third kappa shape index (κ3) is 3.40. The molecule has 2 rings (SSSR count). The second-order valence-corrected chi connectivity index (χ2v) is 5.96. The van der Waals surface area contributed by atoms with Crippen LogP contribution in [0.5, 0.6) is 0 Å². The van der Waals surface area contributed by atoms with Crippen molar-refractivity contribution in [3.8, 4) is 0 Å². The summed E-state index contributed by atoms with van der Waals surface area (Å²) in [7, 11) is -3.73. The van der Waals surface area contributed by atoms with Crippen molar-refractivity contribution in [1.29, 1.82) is 0 Å². The van der Waals surface area contributed by atoms with Crippen LogP contribution in [0.2, 0.25) is 0 Å². The predicted octanol–water partition coefficient (Wildman–Crippen LogP) is 1.70. The van der Waals surface area contributed by atoms with Crippen molar-refractivity contribution in [2.75, 3.05) is 11.3 Å². The van der Waals surface area contributed by atoms with Gasteiger partial charge in [-0.1, -0.05) is 0 Å². The number of ether oxygens (including phenoxy) is 1. The average molecular weight is 309 g/mol. The molecule has 112 valence electrons. The first-order valence-electron chi connectivity index (χ1n) is 6.24. The Bertz CT molecular complexity index is 735. The van der Waals surface area contributed by atoms with Crippen LogP contribution in [0.3, 0.4) is 0 Å². The fourth-order valence-corrected chi connectivity index (χ4v) is 2.72. The second-order valence-electron chi connectivity index (χ2n) is 4.28. The number of aryl methyl sites for hydroxylation is 1. The van der Waals surface area contributed by atoms with Gasteiger partial charge in [-0.2, -0.15) is 5.10 Å². The van der Waals surface area contributed by atoms with E-state index >= 15 is 0 Å². The Labute approximate surface area is 122 Å². The fraction of sp³-hybridized carbons (Fsp3) is 0.231. The number of aromatic amines is 1. The average Bonchev–Trinajstić information content (AvgIpc) is 2.84. The lowest BCUT2D eigenvalue weighted by molar-refractivity contribution is 0.0526. The van der Waals surface area contributed by atoms with Gasteiger partial charge < -0.3 is 4.74 Å². The van der Waals surface area contributed by atoms with Crippen LogP contribution < -0.4 is 4.72 Å². The largest absolute Gasteiger partial charge is 0.462 e. The minimum Gasteiger partial charge on any atom is -0.462 e. The first kappa shape index (κ1) is 15.0. The Hall–Kier alpha value is -2.35. The van der Waals surface area contributed by atoms with Gasteiger partial charge in [-0.3, -0.25) is 9.82 Å². The van der Waals surface area contributed by atoms with Gasteiger partial charge in [0.2, 0.25) is 0 Å². The molecule has 8 heteroatoms. The molecule has 1 aromatic heterocycles. The summed E-state index contributed by atoms with van der Waals surface area (Å²) in [5.74, 6) is -0.178. The lowest BCUT2D eigenvalue weighted by Gasteiger charge is -2.07. The Kier molecular flexibility index (Phi) is 4.27. The van der Waals surface area contributed by atoms with Gasteiger partial charge in [0.1, 0.15) is 5.82 Å². The topological polar surface area (TPSA) is 101 Å². The molecule has 0 unspecified atom stereocenters. The molecule has 1 heterocycles. The van der Waals surface area contributed by atoms with E-state index in [2.05, 4.69) is 14.9 Å². The maximum absolute atomic E-state index is 12.2. The molecule has 0 radical (unpaired) electrons. The number of nitrogens with one attached hydrogen (secondary N) is 2. The van der Waals surface area contributed by atoms with Crippen LogP contribution in [0.25, 0.3) is 0 Å². The molecule has 0 aliphatic rings. The van der Waals surface area contributed by atoms with Gasteiger partial charge in [-0.15, -0.1) is 0 Å². The molecule has 0 atom stereocenters. The minimum absolute atomic E-state index is 0.0459. The molecule has 1 aromatic carbocycles. The normalized spacial score (nSPS) is 11.1. The van der Waals surface area contributed by atoms with Crippen LogP contribution in [0, 0.1) is 6.92 Å². The number of benzene rings is 1. The fourth-order valence-electron chi connectivity index (χ4n) is 1.63. The van der Waals surface area contributed by atoms with E-state index in [9.17, 15) is 13.2 Å². The predicted molar refractivity (Wildman–Crippen MR) is 76.5 cm³/mol. The van der Waals surface area contributed by atoms with Crippen molar-refractivity contribution in [3.63, 3.8) is 0 Å². The number of aromatic nitrogens is 2. The van der Waals surface area contributed by atoms with E-state index in [1.165, 1.54) is 30.5 Å². The van der Waals surface area contributed by atoms with Gasteiger partial charge >= 0.3 is 5.97 Å². The Morgan fingerprint density at radius 1 is 1.33 bits per heavy atom. The summed E-state index contributed by atoms with van der Waals surface area (Å²) in [5, 5.41) is 6.31. The number of hydrogen-bond acceptors (Lipinski definition) is 5. The second kappa shape index (κ2) is 5.96. The highest BCUT2D eigenvalue weighted by molar-refractivity contribution is 7.92. The van der Waals surface area contributed by atoms with Crippen molar-refractivity contribution in [2.45, 2.75) is 18.7 Å². The van der Waals surface area contributed by atoms with E-state index in [1.807, 2.05) is 0 Å². The summed E-state index contributed by atoms with van der Waals surface area (Å²) in [6, 6.07) is 5.51. The van der Waals surface area contributed by atoms with Gasteiger partial charge in [-0.05, 0) is 38.1 Å². The molecule has 0 saturated carbocycles. The molecule has 0 saturated heterocycles. The minimum atomic E-state index is -3.73. The van der Waals surface area contributed by atoms with Gasteiger partial charge in [0.25, 0.3) is 10.0 Å². The summed E-state index contributed by atoms with van der Waals surface area (Å²) in [4.78, 5) is 11.6. The quantitative estimate of drug-likeness (QED) is 0.819. The smallest absolute Gasteiger partial charge is 0.338 e. The van der Waals surface area contributed by atoms with Crippen LogP contribution >= 0.6 is 0 Å². The van der Waals surface area contributed by atoms with E-state index in [0.29, 0.717) is 16.9 Å². The first-order valence-corrected chi connectivity index (χ1v) is 7.72. The van der Waals surface area contributed by atoms with Gasteiger partial charge in [0.15, 0.2) is 0 Å². The molecule has 0 spiro atoms. The number of nitrogens with zero attached hydrogens (tertiary/aromatic N) is 1. The molecule has 0 aliphatic heterocycles. The highest BCUT2D eigenvalue weighted by atomic mass is 32.2. The number of H-pyrrole nitrogens is 1. The zero-order valence-electron chi connectivity index (χ0n) is 11.6. The van der Waals surface area contributed by atoms with Gasteiger partial charge in [0.05, 0.1) is 23.3 Å². The molecule has 0 aliphatic carbocycles. The summed E-state index contributed by atoms with van der Waals surface area (Å²) in [6.45, 7) is 3.69. The molecule has 2 aromatic rings. The molecule has 0 bridgehead atoms. The van der Waals surface area contributed by atoms with Crippen LogP contribution in [0.1, 0.15) is 22.8 Å². The van der Waals surface area contributed by atoms with Gasteiger partial charge in [0, 0.05) is 5.56 Å². The van der Waals surface area contributed by atoms with E-state index in [4.69, 9.17) is 4.74 Å². The van der Waals surface area contributed by atoms with E-state index in [-0.39, 0.29) is 11.5 Å². The molecule has 2 N–H and O–H groups in total. The highest BCUT2D eigenvalue weighted by Crippen LogP contribution is 2.17. The molecule has 0 fully saturated rings. The van der Waals surface area contributed by atoms with Crippen LogP contribution in [0.4, 0.5) is 5.82 Å². The van der Waals surface area contributed by atoms with Crippen molar-refractivity contribution in [2.24, 2.45) is 0 Å². The Balaban J connectivity index is 2.21. The standard InChI is InChI=1S/C13H15N3O4S/c1-3-20-13(17)10-4-6-11(7-5-10)21(18,19)16-12-9(2)8-14-15-12/h4-8H,3H2,1-2H3,(H2,14,15,16). The van der Waals surface area contributed by atoms with Crippen molar-refractivity contribution >= 4 is 21.8 Å². The molecule has 21 heavy (non-hydrogen) atoms. The zero-order valence-corrected chi connectivity index (χ0v) is 12.4. The van der Waals surface area contributed by atoms with Crippen LogP contribution in [-0.4, -0.2) is 31.2 Å². The zero-order chi connectivity index (χ0) is 15.5. The summed E-state index contributed by atoms with van der Waals surface area (Å²) in [6.07, 6.45) is 1.52. The molecule has 7 nitrogen and oxygen atoms in total.